The molecular weight excluding hydrogens is 222 g/mol. The summed E-state index contributed by atoms with van der Waals surface area (Å²) in [7, 11) is 0. The van der Waals surface area contributed by atoms with Crippen molar-refractivity contribution in [3.8, 4) is 11.8 Å². The minimum Gasteiger partial charge on any atom is -0.312 e. The Hall–Kier alpha value is -1.27. The molecule has 1 rings (SSSR count). The van der Waals surface area contributed by atoms with E-state index in [-0.39, 0.29) is 5.41 Å². The van der Waals surface area contributed by atoms with Crippen LogP contribution in [0.4, 0.5) is 0 Å². The zero-order chi connectivity index (χ0) is 13.6. The van der Waals surface area contributed by atoms with Gasteiger partial charge >= 0.3 is 0 Å². The van der Waals surface area contributed by atoms with Gasteiger partial charge in [-0.1, -0.05) is 25.7 Å². The molecule has 0 aliphatic rings. The lowest BCUT2D eigenvalue weighted by molar-refractivity contribution is 0.552. The van der Waals surface area contributed by atoms with E-state index in [0.717, 1.165) is 13.1 Å². The van der Waals surface area contributed by atoms with Crippen LogP contribution in [-0.2, 0) is 13.1 Å². The number of nitrogens with one attached hydrogen (secondary N) is 1. The molecule has 3 heteroatoms. The number of aromatic nitrogens is 2. The first-order valence-electron chi connectivity index (χ1n) is 6.59. The Morgan fingerprint density at radius 3 is 2.72 bits per heavy atom. The summed E-state index contributed by atoms with van der Waals surface area (Å²) in [6, 6.07) is 0. The van der Waals surface area contributed by atoms with E-state index in [1.165, 1.54) is 5.56 Å². The van der Waals surface area contributed by atoms with Crippen LogP contribution < -0.4 is 5.32 Å². The zero-order valence-corrected chi connectivity index (χ0v) is 12.2. The average molecular weight is 247 g/mol. The van der Waals surface area contributed by atoms with Crippen LogP contribution >= 0.6 is 0 Å². The SMILES string of the molecule is CC(C)CNCc1cnn(CC#CC(C)(C)C)c1. The molecule has 18 heavy (non-hydrogen) atoms. The normalized spacial score (nSPS) is 11.4. The Kier molecular flexibility index (Phi) is 5.43. The summed E-state index contributed by atoms with van der Waals surface area (Å²) in [6.45, 7) is 13.3. The summed E-state index contributed by atoms with van der Waals surface area (Å²) in [6.07, 6.45) is 3.97. The Morgan fingerprint density at radius 1 is 1.39 bits per heavy atom. The monoisotopic (exact) mass is 247 g/mol. The maximum Gasteiger partial charge on any atom is 0.102 e. The van der Waals surface area contributed by atoms with E-state index in [1.54, 1.807) is 0 Å². The molecular formula is C15H25N3. The fraction of sp³-hybridized carbons (Fsp3) is 0.667. The van der Waals surface area contributed by atoms with Gasteiger partial charge in [0.25, 0.3) is 0 Å². The van der Waals surface area contributed by atoms with Gasteiger partial charge in [0.2, 0.25) is 0 Å². The molecule has 0 radical (unpaired) electrons. The lowest BCUT2D eigenvalue weighted by atomic mass is 9.98. The van der Waals surface area contributed by atoms with E-state index in [9.17, 15) is 0 Å². The van der Waals surface area contributed by atoms with Gasteiger partial charge in [-0.15, -0.1) is 0 Å². The van der Waals surface area contributed by atoms with Crippen molar-refractivity contribution in [2.75, 3.05) is 6.54 Å². The number of nitrogens with zero attached hydrogens (tertiary/aromatic N) is 2. The fourth-order valence-electron chi connectivity index (χ4n) is 1.48. The minimum absolute atomic E-state index is 0.0643. The van der Waals surface area contributed by atoms with Crippen LogP contribution in [0.5, 0.6) is 0 Å². The first-order chi connectivity index (χ1) is 8.37. The summed E-state index contributed by atoms with van der Waals surface area (Å²) in [4.78, 5) is 0. The van der Waals surface area contributed by atoms with Gasteiger partial charge in [-0.2, -0.15) is 5.10 Å². The highest BCUT2D eigenvalue weighted by Gasteiger charge is 2.03. The van der Waals surface area contributed by atoms with Crippen molar-refractivity contribution < 1.29 is 0 Å². The van der Waals surface area contributed by atoms with Crippen LogP contribution in [0.15, 0.2) is 12.4 Å². The Labute approximate surface area is 111 Å². The molecule has 0 saturated carbocycles. The fourth-order valence-corrected chi connectivity index (χ4v) is 1.48. The van der Waals surface area contributed by atoms with Crippen molar-refractivity contribution in [3.05, 3.63) is 18.0 Å². The van der Waals surface area contributed by atoms with E-state index >= 15 is 0 Å². The molecule has 0 aromatic carbocycles. The molecule has 0 atom stereocenters. The van der Waals surface area contributed by atoms with Crippen LogP contribution in [0.3, 0.4) is 0 Å². The lowest BCUT2D eigenvalue weighted by Gasteiger charge is -2.06. The Bertz CT molecular complexity index is 413. The highest BCUT2D eigenvalue weighted by atomic mass is 15.3. The summed E-state index contributed by atoms with van der Waals surface area (Å²) in [5, 5.41) is 7.71. The van der Waals surface area contributed by atoms with Crippen LogP contribution in [0, 0.1) is 23.2 Å². The third kappa shape index (κ3) is 6.46. The molecule has 0 aliphatic heterocycles. The maximum absolute atomic E-state index is 4.31. The molecule has 0 aliphatic carbocycles. The van der Waals surface area contributed by atoms with Crippen LogP contribution in [-0.4, -0.2) is 16.3 Å². The van der Waals surface area contributed by atoms with Crippen molar-refractivity contribution in [3.63, 3.8) is 0 Å². The first-order valence-corrected chi connectivity index (χ1v) is 6.59. The standard InChI is InChI=1S/C15H25N3/c1-13(2)9-16-10-14-11-17-18(12-14)8-6-7-15(3,4)5/h11-13,16H,8-10H2,1-5H3. The van der Waals surface area contributed by atoms with E-state index in [4.69, 9.17) is 0 Å². The quantitative estimate of drug-likeness (QED) is 0.811. The molecule has 0 spiro atoms. The van der Waals surface area contributed by atoms with Gasteiger partial charge in [-0.05, 0) is 33.2 Å². The second-order valence-corrected chi connectivity index (χ2v) is 6.12. The topological polar surface area (TPSA) is 29.9 Å². The first kappa shape index (κ1) is 14.8. The minimum atomic E-state index is 0.0643. The molecule has 0 fully saturated rings. The number of hydrogen-bond acceptors (Lipinski definition) is 2. The third-order valence-electron chi connectivity index (χ3n) is 2.27. The highest BCUT2D eigenvalue weighted by molar-refractivity contribution is 5.09. The van der Waals surface area contributed by atoms with Gasteiger partial charge in [-0.3, -0.25) is 4.68 Å². The van der Waals surface area contributed by atoms with Gasteiger partial charge in [0, 0.05) is 23.7 Å². The predicted molar refractivity (Wildman–Crippen MR) is 76.0 cm³/mol. The maximum atomic E-state index is 4.31. The van der Waals surface area contributed by atoms with Gasteiger partial charge in [0.05, 0.1) is 6.20 Å². The van der Waals surface area contributed by atoms with Crippen molar-refractivity contribution >= 4 is 0 Å². The third-order valence-corrected chi connectivity index (χ3v) is 2.27. The summed E-state index contributed by atoms with van der Waals surface area (Å²) < 4.78 is 1.89. The molecule has 1 N–H and O–H groups in total. The molecule has 0 bridgehead atoms. The number of rotatable bonds is 5. The largest absolute Gasteiger partial charge is 0.312 e. The molecule has 0 unspecified atom stereocenters. The average Bonchev–Trinajstić information content (AvgIpc) is 2.63. The predicted octanol–water partition coefficient (Wildman–Crippen LogP) is 2.68. The van der Waals surface area contributed by atoms with Crippen molar-refractivity contribution in [1.82, 2.24) is 15.1 Å². The summed E-state index contributed by atoms with van der Waals surface area (Å²) >= 11 is 0. The van der Waals surface area contributed by atoms with Gasteiger partial charge in [0.1, 0.15) is 6.54 Å². The Balaban J connectivity index is 2.41. The van der Waals surface area contributed by atoms with Gasteiger partial charge in [-0.25, -0.2) is 0 Å². The number of hydrogen-bond donors (Lipinski definition) is 1. The van der Waals surface area contributed by atoms with Crippen LogP contribution in [0.25, 0.3) is 0 Å². The molecule has 1 aromatic rings. The van der Waals surface area contributed by atoms with Crippen LogP contribution in [0.1, 0.15) is 40.2 Å². The second-order valence-electron chi connectivity index (χ2n) is 6.12. The van der Waals surface area contributed by atoms with Crippen LogP contribution in [0.2, 0.25) is 0 Å². The smallest absolute Gasteiger partial charge is 0.102 e. The molecule has 0 amide bonds. The molecule has 1 aromatic heterocycles. The van der Waals surface area contributed by atoms with Crippen molar-refractivity contribution in [2.24, 2.45) is 11.3 Å². The second kappa shape index (κ2) is 6.61. The highest BCUT2D eigenvalue weighted by Crippen LogP contribution is 2.09. The van der Waals surface area contributed by atoms with E-state index < -0.39 is 0 Å². The van der Waals surface area contributed by atoms with Gasteiger partial charge < -0.3 is 5.32 Å². The van der Waals surface area contributed by atoms with Gasteiger partial charge in [0.15, 0.2) is 0 Å². The lowest BCUT2D eigenvalue weighted by Crippen LogP contribution is -2.18. The van der Waals surface area contributed by atoms with E-state index in [2.05, 4.69) is 63.1 Å². The van der Waals surface area contributed by atoms with Crippen molar-refractivity contribution in [2.45, 2.75) is 47.7 Å². The molecule has 3 nitrogen and oxygen atoms in total. The molecule has 0 saturated heterocycles. The molecule has 100 valence electrons. The zero-order valence-electron chi connectivity index (χ0n) is 12.2. The molecule has 1 heterocycles. The summed E-state index contributed by atoms with van der Waals surface area (Å²) in [5.41, 5.74) is 1.28. The summed E-state index contributed by atoms with van der Waals surface area (Å²) in [5.74, 6) is 7.05. The van der Waals surface area contributed by atoms with E-state index in [0.29, 0.717) is 12.5 Å². The Morgan fingerprint density at radius 2 is 2.11 bits per heavy atom. The van der Waals surface area contributed by atoms with Crippen molar-refractivity contribution in [1.29, 1.82) is 0 Å². The van der Waals surface area contributed by atoms with E-state index in [1.807, 2.05) is 10.9 Å².